The Morgan fingerprint density at radius 2 is 2.07 bits per heavy atom. The molecule has 0 spiro atoms. The van der Waals surface area contributed by atoms with E-state index in [1.54, 1.807) is 17.7 Å². The van der Waals surface area contributed by atoms with E-state index in [0.717, 1.165) is 11.8 Å². The second-order valence-corrected chi connectivity index (χ2v) is 5.19. The Balaban J connectivity index is 3.02. The van der Waals surface area contributed by atoms with Gasteiger partial charge in [-0.3, -0.25) is 4.79 Å². The number of sulfonamides is 1. The van der Waals surface area contributed by atoms with Crippen LogP contribution >= 0.6 is 11.6 Å². The zero-order valence-corrected chi connectivity index (χ0v) is 9.69. The number of aromatic nitrogens is 1. The van der Waals surface area contributed by atoms with E-state index in [1.165, 1.54) is 6.07 Å². The first-order valence-corrected chi connectivity index (χ1v) is 6.21. The van der Waals surface area contributed by atoms with Crippen molar-refractivity contribution in [3.05, 3.63) is 28.5 Å². The van der Waals surface area contributed by atoms with Crippen molar-refractivity contribution in [2.75, 3.05) is 6.26 Å². The minimum atomic E-state index is -3.58. The summed E-state index contributed by atoms with van der Waals surface area (Å²) < 4.78 is 23.4. The van der Waals surface area contributed by atoms with Gasteiger partial charge in [-0.05, 0) is 24.6 Å². The Kier molecular flexibility index (Phi) is 3.31. The molecule has 0 aliphatic carbocycles. The van der Waals surface area contributed by atoms with Gasteiger partial charge in [0, 0.05) is 0 Å². The molecule has 0 aliphatic heterocycles. The molecule has 0 aromatic carbocycles. The summed E-state index contributed by atoms with van der Waals surface area (Å²) in [6.07, 6.45) is 0.891. The van der Waals surface area contributed by atoms with Gasteiger partial charge in [0.2, 0.25) is 10.0 Å². The van der Waals surface area contributed by atoms with Crippen LogP contribution in [0.5, 0.6) is 0 Å². The second-order valence-electron chi connectivity index (χ2n) is 3.06. The Morgan fingerprint density at radius 1 is 1.47 bits per heavy atom. The van der Waals surface area contributed by atoms with Crippen LogP contribution in [-0.2, 0) is 10.0 Å². The van der Waals surface area contributed by atoms with Crippen molar-refractivity contribution in [1.29, 1.82) is 0 Å². The van der Waals surface area contributed by atoms with Crippen molar-refractivity contribution in [3.8, 4) is 0 Å². The monoisotopic (exact) mass is 248 g/mol. The van der Waals surface area contributed by atoms with Gasteiger partial charge in [0.15, 0.2) is 0 Å². The number of carbonyl (C=O) groups is 1. The number of carbonyl (C=O) groups excluding carboxylic acids is 1. The maximum atomic E-state index is 11.4. The number of hydrogen-bond acceptors (Lipinski definition) is 4. The Labute approximate surface area is 92.5 Å². The van der Waals surface area contributed by atoms with Crippen LogP contribution in [0, 0.1) is 6.92 Å². The summed E-state index contributed by atoms with van der Waals surface area (Å²) in [6.45, 7) is 1.73. The van der Waals surface area contributed by atoms with Crippen LogP contribution in [0.2, 0.25) is 5.15 Å². The zero-order valence-electron chi connectivity index (χ0n) is 8.11. The minimum Gasteiger partial charge on any atom is -0.266 e. The molecule has 1 amide bonds. The third-order valence-corrected chi connectivity index (χ3v) is 2.20. The van der Waals surface area contributed by atoms with Gasteiger partial charge in [-0.25, -0.2) is 18.1 Å². The number of pyridine rings is 1. The van der Waals surface area contributed by atoms with E-state index in [2.05, 4.69) is 4.98 Å². The highest BCUT2D eigenvalue weighted by atomic mass is 35.5. The highest BCUT2D eigenvalue weighted by Gasteiger charge is 2.13. The summed E-state index contributed by atoms with van der Waals surface area (Å²) >= 11 is 5.62. The SMILES string of the molecule is Cc1cc(Cl)nc(C(=O)NS(C)(=O)=O)c1. The van der Waals surface area contributed by atoms with Gasteiger partial charge in [-0.2, -0.15) is 0 Å². The maximum Gasteiger partial charge on any atom is 0.283 e. The van der Waals surface area contributed by atoms with Crippen LogP contribution in [0.4, 0.5) is 0 Å². The Hall–Kier alpha value is -1.14. The standard InChI is InChI=1S/C8H9ClN2O3S/c1-5-3-6(10-7(9)4-5)8(12)11-15(2,13)14/h3-4H,1-2H3,(H,11,12). The summed E-state index contributed by atoms with van der Waals surface area (Å²) in [6, 6.07) is 3.02. The molecule has 0 saturated heterocycles. The summed E-state index contributed by atoms with van der Waals surface area (Å²) in [4.78, 5) is 15.1. The van der Waals surface area contributed by atoms with E-state index in [0.29, 0.717) is 0 Å². The van der Waals surface area contributed by atoms with Crippen LogP contribution in [-0.4, -0.2) is 25.6 Å². The van der Waals surface area contributed by atoms with Gasteiger partial charge in [-0.1, -0.05) is 11.6 Å². The molecule has 1 rings (SSSR count). The van der Waals surface area contributed by atoms with E-state index in [9.17, 15) is 13.2 Å². The molecule has 0 atom stereocenters. The molecule has 7 heteroatoms. The van der Waals surface area contributed by atoms with Crippen molar-refractivity contribution in [3.63, 3.8) is 0 Å². The fourth-order valence-corrected chi connectivity index (χ4v) is 1.67. The largest absolute Gasteiger partial charge is 0.283 e. The molecule has 0 saturated carbocycles. The fraction of sp³-hybridized carbons (Fsp3) is 0.250. The number of nitrogens with one attached hydrogen (secondary N) is 1. The average molecular weight is 249 g/mol. The van der Waals surface area contributed by atoms with Crippen molar-refractivity contribution < 1.29 is 13.2 Å². The lowest BCUT2D eigenvalue weighted by atomic mass is 10.2. The van der Waals surface area contributed by atoms with Crippen molar-refractivity contribution in [2.24, 2.45) is 0 Å². The summed E-state index contributed by atoms with van der Waals surface area (Å²) in [7, 11) is -3.58. The lowest BCUT2D eigenvalue weighted by Crippen LogP contribution is -2.30. The first-order chi connectivity index (χ1) is 6.78. The average Bonchev–Trinajstić information content (AvgIpc) is 1.98. The van der Waals surface area contributed by atoms with E-state index in [1.807, 2.05) is 0 Å². The molecule has 0 radical (unpaired) electrons. The number of rotatable bonds is 2. The molecule has 15 heavy (non-hydrogen) atoms. The van der Waals surface area contributed by atoms with Crippen LogP contribution in [0.25, 0.3) is 0 Å². The van der Waals surface area contributed by atoms with E-state index < -0.39 is 15.9 Å². The number of amides is 1. The lowest BCUT2D eigenvalue weighted by molar-refractivity contribution is 0.0977. The highest BCUT2D eigenvalue weighted by Crippen LogP contribution is 2.09. The van der Waals surface area contributed by atoms with Gasteiger partial charge in [0.05, 0.1) is 6.26 Å². The molecule has 0 fully saturated rings. The van der Waals surface area contributed by atoms with Crippen LogP contribution in [0.15, 0.2) is 12.1 Å². The van der Waals surface area contributed by atoms with Crippen molar-refractivity contribution in [1.82, 2.24) is 9.71 Å². The molecule has 5 nitrogen and oxygen atoms in total. The highest BCUT2D eigenvalue weighted by molar-refractivity contribution is 7.89. The van der Waals surface area contributed by atoms with Crippen molar-refractivity contribution in [2.45, 2.75) is 6.92 Å². The normalized spacial score (nSPS) is 11.1. The predicted molar refractivity (Wildman–Crippen MR) is 56.3 cm³/mol. The first kappa shape index (κ1) is 11.9. The van der Waals surface area contributed by atoms with Gasteiger partial charge in [-0.15, -0.1) is 0 Å². The van der Waals surface area contributed by atoms with Crippen LogP contribution in [0.3, 0.4) is 0 Å². The van der Waals surface area contributed by atoms with E-state index in [4.69, 9.17) is 11.6 Å². The molecule has 1 aromatic heterocycles. The summed E-state index contributed by atoms with van der Waals surface area (Å²) in [5, 5.41) is 0.147. The first-order valence-electron chi connectivity index (χ1n) is 3.94. The topological polar surface area (TPSA) is 76.1 Å². The number of nitrogens with zero attached hydrogens (tertiary/aromatic N) is 1. The maximum absolute atomic E-state index is 11.4. The number of hydrogen-bond donors (Lipinski definition) is 1. The third-order valence-electron chi connectivity index (χ3n) is 1.45. The quantitative estimate of drug-likeness (QED) is 0.783. The second kappa shape index (κ2) is 4.16. The molecule has 82 valence electrons. The molecule has 0 aliphatic rings. The fourth-order valence-electron chi connectivity index (χ4n) is 0.962. The van der Waals surface area contributed by atoms with Crippen LogP contribution < -0.4 is 4.72 Å². The van der Waals surface area contributed by atoms with Gasteiger partial charge >= 0.3 is 0 Å². The molecule has 1 N–H and O–H groups in total. The van der Waals surface area contributed by atoms with Gasteiger partial charge < -0.3 is 0 Å². The third kappa shape index (κ3) is 3.85. The zero-order chi connectivity index (χ0) is 11.6. The summed E-state index contributed by atoms with van der Waals surface area (Å²) in [5.41, 5.74) is 0.707. The van der Waals surface area contributed by atoms with Gasteiger partial charge in [0.1, 0.15) is 10.8 Å². The predicted octanol–water partition coefficient (Wildman–Crippen LogP) is 0.733. The molecule has 1 heterocycles. The Bertz CT molecular complexity index is 478. The van der Waals surface area contributed by atoms with Crippen molar-refractivity contribution >= 4 is 27.5 Å². The number of aryl methyl sites for hydroxylation is 1. The van der Waals surface area contributed by atoms with Crippen LogP contribution in [0.1, 0.15) is 16.1 Å². The van der Waals surface area contributed by atoms with E-state index in [-0.39, 0.29) is 10.8 Å². The molecular weight excluding hydrogens is 240 g/mol. The van der Waals surface area contributed by atoms with Gasteiger partial charge in [0.25, 0.3) is 5.91 Å². The van der Waals surface area contributed by atoms with E-state index >= 15 is 0 Å². The smallest absolute Gasteiger partial charge is 0.266 e. The lowest BCUT2D eigenvalue weighted by Gasteiger charge is -2.03. The number of halogens is 1. The minimum absolute atomic E-state index is 0.0228. The summed E-state index contributed by atoms with van der Waals surface area (Å²) in [5.74, 6) is -0.789. The Morgan fingerprint density at radius 3 is 2.53 bits per heavy atom. The molecule has 0 bridgehead atoms. The molecule has 1 aromatic rings. The molecular formula is C8H9ClN2O3S. The molecule has 0 unspecified atom stereocenters.